The number of nitrogens with one attached hydrogen (secondary N) is 1. The minimum Gasteiger partial charge on any atom is -0.356 e. The Balaban J connectivity index is 1.97. The van der Waals surface area contributed by atoms with Crippen LogP contribution in [0.2, 0.25) is 0 Å². The SMILES string of the molecule is COP(O)(=S)OCCCCCCNC(=O)CCN1C(=O)C=CC1=O. The highest BCUT2D eigenvalue weighted by Crippen LogP contribution is 2.42. The molecular formula is C14H23N2O6PS. The number of hydrogen-bond acceptors (Lipinski definition) is 6. The lowest BCUT2D eigenvalue weighted by molar-refractivity contribution is -0.137. The second kappa shape index (κ2) is 10.7. The summed E-state index contributed by atoms with van der Waals surface area (Å²) in [6.07, 6.45) is 5.85. The van der Waals surface area contributed by atoms with E-state index < -0.39 is 6.72 Å². The Kier molecular flexibility index (Phi) is 9.31. The highest BCUT2D eigenvalue weighted by atomic mass is 32.5. The van der Waals surface area contributed by atoms with Crippen molar-refractivity contribution in [2.45, 2.75) is 32.1 Å². The minimum absolute atomic E-state index is 0.0977. The van der Waals surface area contributed by atoms with Crippen LogP contribution >= 0.6 is 6.72 Å². The minimum atomic E-state index is -3.05. The standard InChI is InChI=1S/C14H23N2O6PS/c1-21-23(20,24)22-11-5-3-2-4-9-15-12(17)8-10-16-13(18)6-7-14(16)19/h6-7H,2-5,8-11H2,1H3,(H,15,17)(H,20,24). The fraction of sp³-hybridized carbons (Fsp3) is 0.643. The second-order valence-electron chi connectivity index (χ2n) is 5.16. The molecule has 0 aromatic rings. The summed E-state index contributed by atoms with van der Waals surface area (Å²) in [5.74, 6) is -0.944. The third kappa shape index (κ3) is 8.12. The van der Waals surface area contributed by atoms with Gasteiger partial charge in [0.05, 0.1) is 6.61 Å². The number of unbranched alkanes of at least 4 members (excludes halogenated alkanes) is 3. The van der Waals surface area contributed by atoms with Crippen molar-refractivity contribution in [3.05, 3.63) is 12.2 Å². The van der Waals surface area contributed by atoms with Gasteiger partial charge in [0, 0.05) is 38.8 Å². The fourth-order valence-electron chi connectivity index (χ4n) is 1.99. The molecule has 1 unspecified atom stereocenters. The van der Waals surface area contributed by atoms with Gasteiger partial charge in [-0.05, 0) is 24.6 Å². The van der Waals surface area contributed by atoms with Gasteiger partial charge in [0.1, 0.15) is 0 Å². The fourth-order valence-corrected chi connectivity index (χ4v) is 2.68. The summed E-state index contributed by atoms with van der Waals surface area (Å²) in [5, 5.41) is 2.75. The Morgan fingerprint density at radius 1 is 1.25 bits per heavy atom. The Bertz CT molecular complexity index is 521. The van der Waals surface area contributed by atoms with Crippen molar-refractivity contribution < 1.29 is 28.3 Å². The summed E-state index contributed by atoms with van der Waals surface area (Å²) in [4.78, 5) is 44.7. The zero-order valence-electron chi connectivity index (χ0n) is 13.6. The summed E-state index contributed by atoms with van der Waals surface area (Å²) < 4.78 is 9.69. The highest BCUT2D eigenvalue weighted by molar-refractivity contribution is 8.07. The van der Waals surface area contributed by atoms with E-state index in [0.717, 1.165) is 30.6 Å². The Morgan fingerprint density at radius 2 is 1.88 bits per heavy atom. The first-order valence-corrected chi connectivity index (χ1v) is 10.3. The quantitative estimate of drug-likeness (QED) is 0.295. The van der Waals surface area contributed by atoms with E-state index in [9.17, 15) is 19.3 Å². The van der Waals surface area contributed by atoms with Gasteiger partial charge in [0.2, 0.25) is 5.91 Å². The van der Waals surface area contributed by atoms with E-state index in [2.05, 4.69) is 9.84 Å². The molecule has 1 atom stereocenters. The average Bonchev–Trinajstić information content (AvgIpc) is 2.86. The van der Waals surface area contributed by atoms with Crippen LogP contribution in [0.1, 0.15) is 32.1 Å². The zero-order chi connectivity index (χ0) is 18.0. The number of rotatable bonds is 12. The molecule has 0 fully saturated rings. The van der Waals surface area contributed by atoms with Gasteiger partial charge in [0.15, 0.2) is 0 Å². The smallest absolute Gasteiger partial charge is 0.324 e. The van der Waals surface area contributed by atoms with E-state index in [4.69, 9.17) is 16.3 Å². The largest absolute Gasteiger partial charge is 0.356 e. The summed E-state index contributed by atoms with van der Waals surface area (Å²) in [6.45, 7) is -2.07. The molecule has 8 nitrogen and oxygen atoms in total. The van der Waals surface area contributed by atoms with E-state index in [1.54, 1.807) is 0 Å². The number of amides is 3. The molecule has 3 amide bonds. The molecule has 1 heterocycles. The molecule has 0 spiro atoms. The van der Waals surface area contributed by atoms with Crippen LogP contribution in [0.3, 0.4) is 0 Å². The van der Waals surface area contributed by atoms with Crippen LogP contribution in [0.25, 0.3) is 0 Å². The maximum Gasteiger partial charge on any atom is 0.324 e. The monoisotopic (exact) mass is 378 g/mol. The van der Waals surface area contributed by atoms with Gasteiger partial charge in [-0.1, -0.05) is 12.8 Å². The Hall–Kier alpha value is -1.12. The highest BCUT2D eigenvalue weighted by Gasteiger charge is 2.23. The number of nitrogens with zero attached hydrogens (tertiary/aromatic N) is 1. The predicted octanol–water partition coefficient (Wildman–Crippen LogP) is 0.858. The van der Waals surface area contributed by atoms with Gasteiger partial charge >= 0.3 is 6.72 Å². The lowest BCUT2D eigenvalue weighted by atomic mass is 10.2. The van der Waals surface area contributed by atoms with Crippen LogP contribution in [-0.2, 0) is 35.2 Å². The lowest BCUT2D eigenvalue weighted by Gasteiger charge is -2.13. The molecule has 0 bridgehead atoms. The number of imide groups is 1. The molecule has 0 radical (unpaired) electrons. The number of carbonyl (C=O) groups is 3. The topological polar surface area (TPSA) is 105 Å². The first-order valence-electron chi connectivity index (χ1n) is 7.69. The van der Waals surface area contributed by atoms with E-state index in [1.165, 1.54) is 19.3 Å². The van der Waals surface area contributed by atoms with E-state index in [1.807, 2.05) is 0 Å². The molecule has 1 rings (SSSR count). The van der Waals surface area contributed by atoms with E-state index in [-0.39, 0.29) is 30.7 Å². The first kappa shape index (κ1) is 20.9. The summed E-state index contributed by atoms with van der Waals surface area (Å²) >= 11 is 4.70. The van der Waals surface area contributed by atoms with Crippen molar-refractivity contribution in [1.82, 2.24) is 10.2 Å². The average molecular weight is 378 g/mol. The number of carbonyl (C=O) groups excluding carboxylic acids is 3. The molecule has 24 heavy (non-hydrogen) atoms. The third-order valence-electron chi connectivity index (χ3n) is 3.34. The van der Waals surface area contributed by atoms with Gasteiger partial charge in [-0.15, -0.1) is 0 Å². The predicted molar refractivity (Wildman–Crippen MR) is 91.4 cm³/mol. The molecule has 2 N–H and O–H groups in total. The summed E-state index contributed by atoms with van der Waals surface area (Å²) in [5.41, 5.74) is 0. The van der Waals surface area contributed by atoms with Crippen molar-refractivity contribution in [3.63, 3.8) is 0 Å². The van der Waals surface area contributed by atoms with Gasteiger partial charge < -0.3 is 19.3 Å². The molecule has 0 aromatic heterocycles. The Morgan fingerprint density at radius 3 is 2.50 bits per heavy atom. The van der Waals surface area contributed by atoms with Crippen molar-refractivity contribution >= 4 is 36.2 Å². The summed E-state index contributed by atoms with van der Waals surface area (Å²) in [6, 6.07) is 0. The van der Waals surface area contributed by atoms with Crippen LogP contribution in [0.5, 0.6) is 0 Å². The lowest BCUT2D eigenvalue weighted by Crippen LogP contribution is -2.34. The molecular weight excluding hydrogens is 355 g/mol. The van der Waals surface area contributed by atoms with Crippen molar-refractivity contribution in [3.8, 4) is 0 Å². The van der Waals surface area contributed by atoms with Crippen molar-refractivity contribution in [2.75, 3.05) is 26.8 Å². The molecule has 1 aliphatic rings. The van der Waals surface area contributed by atoms with Gasteiger partial charge in [-0.25, -0.2) is 0 Å². The van der Waals surface area contributed by atoms with Gasteiger partial charge in [0.25, 0.3) is 11.8 Å². The van der Waals surface area contributed by atoms with Crippen molar-refractivity contribution in [2.24, 2.45) is 0 Å². The second-order valence-corrected chi connectivity index (χ2v) is 8.10. The molecule has 0 aromatic carbocycles. The molecule has 0 aliphatic carbocycles. The molecule has 10 heteroatoms. The maximum absolute atomic E-state index is 11.6. The normalized spacial score (nSPS) is 16.5. The zero-order valence-corrected chi connectivity index (χ0v) is 15.3. The maximum atomic E-state index is 11.6. The first-order chi connectivity index (χ1) is 11.4. The Labute approximate surface area is 146 Å². The third-order valence-corrected chi connectivity index (χ3v) is 5.08. The van der Waals surface area contributed by atoms with Crippen LogP contribution in [0.15, 0.2) is 12.2 Å². The summed E-state index contributed by atoms with van der Waals surface area (Å²) in [7, 11) is 1.31. The van der Waals surface area contributed by atoms with E-state index >= 15 is 0 Å². The van der Waals surface area contributed by atoms with Crippen molar-refractivity contribution in [1.29, 1.82) is 0 Å². The van der Waals surface area contributed by atoms with Crippen LogP contribution in [0, 0.1) is 0 Å². The van der Waals surface area contributed by atoms with Crippen LogP contribution in [0.4, 0.5) is 0 Å². The molecule has 0 saturated heterocycles. The number of hydrogen-bond donors (Lipinski definition) is 2. The van der Waals surface area contributed by atoms with Gasteiger partial charge in [-0.3, -0.25) is 19.3 Å². The van der Waals surface area contributed by atoms with Crippen LogP contribution < -0.4 is 5.32 Å². The van der Waals surface area contributed by atoms with Crippen LogP contribution in [-0.4, -0.2) is 54.3 Å². The molecule has 1 aliphatic heterocycles. The van der Waals surface area contributed by atoms with Gasteiger partial charge in [-0.2, -0.15) is 0 Å². The molecule has 136 valence electrons. The molecule has 0 saturated carbocycles. The van der Waals surface area contributed by atoms with E-state index in [0.29, 0.717) is 13.2 Å².